The number of amides is 2. The molecule has 1 fully saturated rings. The van der Waals surface area contributed by atoms with Crippen LogP contribution in [0.2, 0.25) is 0 Å². The van der Waals surface area contributed by atoms with Crippen LogP contribution in [-0.2, 0) is 14.3 Å². The van der Waals surface area contributed by atoms with Crippen LogP contribution in [0.5, 0.6) is 5.75 Å². The molecule has 3 atom stereocenters. The summed E-state index contributed by atoms with van der Waals surface area (Å²) in [6.07, 6.45) is -0.545. The van der Waals surface area contributed by atoms with Gasteiger partial charge in [-0.2, -0.15) is 0 Å². The Bertz CT molecular complexity index is 790. The lowest BCUT2D eigenvalue weighted by Gasteiger charge is -2.28. The summed E-state index contributed by atoms with van der Waals surface area (Å²) in [6, 6.07) is 5.34. The van der Waals surface area contributed by atoms with E-state index in [4.69, 9.17) is 9.47 Å². The van der Waals surface area contributed by atoms with Gasteiger partial charge in [-0.05, 0) is 57.4 Å². The maximum atomic E-state index is 13.0. The Morgan fingerprint density at radius 3 is 2.35 bits per heavy atom. The number of carbonyl (C=O) groups is 3. The van der Waals surface area contributed by atoms with E-state index >= 15 is 0 Å². The zero-order chi connectivity index (χ0) is 23.3. The first-order valence-electron chi connectivity index (χ1n) is 10.3. The molecule has 0 radical (unpaired) electrons. The van der Waals surface area contributed by atoms with Crippen molar-refractivity contribution in [3.05, 3.63) is 28.7 Å². The maximum absolute atomic E-state index is 13.0. The predicted octanol–water partition coefficient (Wildman–Crippen LogP) is 3.82. The van der Waals surface area contributed by atoms with E-state index in [0.29, 0.717) is 12.2 Å². The lowest BCUT2D eigenvalue weighted by atomic mass is 10.0. The summed E-state index contributed by atoms with van der Waals surface area (Å²) < 4.78 is 12.3. The topological polar surface area (TPSA) is 105 Å². The van der Waals surface area contributed by atoms with Crippen LogP contribution in [-0.4, -0.2) is 58.3 Å². The Morgan fingerprint density at radius 2 is 1.84 bits per heavy atom. The fraction of sp³-hybridized carbons (Fsp3) is 0.591. The molecule has 0 saturated carbocycles. The van der Waals surface area contributed by atoms with E-state index in [1.165, 1.54) is 4.90 Å². The molecule has 31 heavy (non-hydrogen) atoms. The zero-order valence-electron chi connectivity index (χ0n) is 18.6. The maximum Gasteiger partial charge on any atom is 0.411 e. The highest BCUT2D eigenvalue weighted by Crippen LogP contribution is 2.26. The second kappa shape index (κ2) is 10.3. The van der Waals surface area contributed by atoms with Gasteiger partial charge in [-0.1, -0.05) is 29.8 Å². The fourth-order valence-corrected chi connectivity index (χ4v) is 3.58. The summed E-state index contributed by atoms with van der Waals surface area (Å²) in [6.45, 7) is 9.16. The number of likely N-dealkylation sites (tertiary alicyclic amines) is 1. The van der Waals surface area contributed by atoms with E-state index < -0.39 is 41.8 Å². The highest BCUT2D eigenvalue weighted by molar-refractivity contribution is 9.10. The van der Waals surface area contributed by atoms with Gasteiger partial charge in [0.1, 0.15) is 29.5 Å². The third-order valence-corrected chi connectivity index (χ3v) is 5.16. The van der Waals surface area contributed by atoms with Gasteiger partial charge in [0.15, 0.2) is 0 Å². The van der Waals surface area contributed by atoms with Gasteiger partial charge in [-0.3, -0.25) is 9.69 Å². The Balaban J connectivity index is 2.18. The molecule has 172 valence electrons. The molecule has 1 heterocycles. The van der Waals surface area contributed by atoms with Gasteiger partial charge in [0.05, 0.1) is 6.54 Å². The molecule has 2 N–H and O–H groups in total. The average molecular weight is 499 g/mol. The van der Waals surface area contributed by atoms with Crippen molar-refractivity contribution < 1.29 is 29.0 Å². The molecule has 1 aromatic carbocycles. The SMILES string of the molecule is CC(C)C[C@H](NC(=O)[C@@H]1C[C@H](Oc2ccc(Br)cc2)CN1C(=O)OC(C)(C)C)C(=O)O. The molecule has 2 amide bonds. The Labute approximate surface area is 191 Å². The van der Waals surface area contributed by atoms with Gasteiger partial charge in [0, 0.05) is 10.9 Å². The van der Waals surface area contributed by atoms with Gasteiger partial charge < -0.3 is 19.9 Å². The lowest BCUT2D eigenvalue weighted by molar-refractivity contribution is -0.143. The first-order valence-corrected chi connectivity index (χ1v) is 11.1. The number of ether oxygens (including phenoxy) is 2. The van der Waals surface area contributed by atoms with Crippen LogP contribution in [0.15, 0.2) is 28.7 Å². The second-order valence-electron chi connectivity index (χ2n) is 9.11. The average Bonchev–Trinajstić information content (AvgIpc) is 3.05. The molecule has 1 aromatic rings. The molecule has 1 aliphatic heterocycles. The Hall–Kier alpha value is -2.29. The molecule has 0 aliphatic carbocycles. The van der Waals surface area contributed by atoms with Crippen LogP contribution < -0.4 is 10.1 Å². The number of aliphatic carboxylic acids is 1. The number of carbonyl (C=O) groups excluding carboxylic acids is 2. The van der Waals surface area contributed by atoms with Crippen molar-refractivity contribution in [2.24, 2.45) is 5.92 Å². The molecule has 9 heteroatoms. The fourth-order valence-electron chi connectivity index (χ4n) is 3.32. The highest BCUT2D eigenvalue weighted by atomic mass is 79.9. The van der Waals surface area contributed by atoms with Crippen molar-refractivity contribution in [3.63, 3.8) is 0 Å². The van der Waals surface area contributed by atoms with Crippen molar-refractivity contribution in [3.8, 4) is 5.75 Å². The molecular formula is C22H31BrN2O6. The summed E-state index contributed by atoms with van der Waals surface area (Å²) in [4.78, 5) is 38.6. The van der Waals surface area contributed by atoms with Gasteiger partial charge in [-0.25, -0.2) is 9.59 Å². The van der Waals surface area contributed by atoms with Crippen molar-refractivity contribution in [2.75, 3.05) is 6.54 Å². The number of rotatable bonds is 7. The molecule has 0 aromatic heterocycles. The van der Waals surface area contributed by atoms with E-state index in [1.54, 1.807) is 32.9 Å². The van der Waals surface area contributed by atoms with E-state index in [-0.39, 0.29) is 18.9 Å². The van der Waals surface area contributed by atoms with E-state index in [0.717, 1.165) is 4.47 Å². The molecule has 0 bridgehead atoms. The van der Waals surface area contributed by atoms with Crippen LogP contribution in [0.25, 0.3) is 0 Å². The predicted molar refractivity (Wildman–Crippen MR) is 119 cm³/mol. The third kappa shape index (κ3) is 7.72. The minimum atomic E-state index is -1.11. The van der Waals surface area contributed by atoms with Crippen molar-refractivity contribution >= 4 is 33.9 Å². The Morgan fingerprint density at radius 1 is 1.23 bits per heavy atom. The monoisotopic (exact) mass is 498 g/mol. The summed E-state index contributed by atoms with van der Waals surface area (Å²) in [7, 11) is 0. The van der Waals surface area contributed by atoms with Gasteiger partial charge in [0.25, 0.3) is 0 Å². The highest BCUT2D eigenvalue weighted by Gasteiger charge is 2.43. The molecule has 2 rings (SSSR count). The lowest BCUT2D eigenvalue weighted by Crippen LogP contribution is -2.51. The van der Waals surface area contributed by atoms with Crippen LogP contribution in [0.4, 0.5) is 4.79 Å². The number of benzene rings is 1. The van der Waals surface area contributed by atoms with Gasteiger partial charge in [0.2, 0.25) is 5.91 Å². The summed E-state index contributed by atoms with van der Waals surface area (Å²) in [5, 5.41) is 12.0. The number of hydrogen-bond donors (Lipinski definition) is 2. The molecule has 0 spiro atoms. The normalized spacial score (nSPS) is 19.8. The third-order valence-electron chi connectivity index (χ3n) is 4.63. The molecule has 8 nitrogen and oxygen atoms in total. The van der Waals surface area contributed by atoms with Crippen molar-refractivity contribution in [2.45, 2.75) is 71.2 Å². The van der Waals surface area contributed by atoms with Gasteiger partial charge >= 0.3 is 12.1 Å². The molecule has 1 aliphatic rings. The summed E-state index contributed by atoms with van der Waals surface area (Å²) in [5.74, 6) is -0.936. The number of nitrogens with zero attached hydrogens (tertiary/aromatic N) is 1. The smallest absolute Gasteiger partial charge is 0.411 e. The quantitative estimate of drug-likeness (QED) is 0.591. The second-order valence-corrected chi connectivity index (χ2v) is 10.0. The van der Waals surface area contributed by atoms with Crippen molar-refractivity contribution in [1.82, 2.24) is 10.2 Å². The number of carboxylic acids is 1. The molecular weight excluding hydrogens is 468 g/mol. The van der Waals surface area contributed by atoms with Gasteiger partial charge in [-0.15, -0.1) is 0 Å². The largest absolute Gasteiger partial charge is 0.488 e. The standard InChI is InChI=1S/C22H31BrN2O6/c1-13(2)10-17(20(27)28)24-19(26)18-11-16(30-15-8-6-14(23)7-9-15)12-25(18)21(29)31-22(3,4)5/h6-9,13,16-18H,10-12H2,1-5H3,(H,24,26)(H,27,28)/t16-,17-,18-/m0/s1. The minimum Gasteiger partial charge on any atom is -0.488 e. The number of halogens is 1. The first kappa shape index (κ1) is 25.0. The van der Waals surface area contributed by atoms with Crippen LogP contribution in [0, 0.1) is 5.92 Å². The molecule has 0 unspecified atom stereocenters. The van der Waals surface area contributed by atoms with Crippen LogP contribution in [0.3, 0.4) is 0 Å². The summed E-state index contributed by atoms with van der Waals surface area (Å²) in [5.41, 5.74) is -0.732. The zero-order valence-corrected chi connectivity index (χ0v) is 20.1. The van der Waals surface area contributed by atoms with E-state index in [2.05, 4.69) is 21.2 Å². The Kier molecular flexibility index (Phi) is 8.34. The van der Waals surface area contributed by atoms with Crippen LogP contribution in [0.1, 0.15) is 47.5 Å². The van der Waals surface area contributed by atoms with E-state index in [9.17, 15) is 19.5 Å². The van der Waals surface area contributed by atoms with E-state index in [1.807, 2.05) is 26.0 Å². The molecule has 1 saturated heterocycles. The minimum absolute atomic E-state index is 0.0837. The van der Waals surface area contributed by atoms with Crippen molar-refractivity contribution in [1.29, 1.82) is 0 Å². The first-order chi connectivity index (χ1) is 14.4. The number of nitrogens with one attached hydrogen (secondary N) is 1. The summed E-state index contributed by atoms with van der Waals surface area (Å²) >= 11 is 3.37. The number of carboxylic acid groups (broad SMARTS) is 1. The number of hydrogen-bond acceptors (Lipinski definition) is 5. The van der Waals surface area contributed by atoms with Crippen LogP contribution >= 0.6 is 15.9 Å².